The Bertz CT molecular complexity index is 1070. The first-order valence-electron chi connectivity index (χ1n) is 12.9. The van der Waals surface area contributed by atoms with Crippen LogP contribution in [0.5, 0.6) is 5.75 Å². The predicted molar refractivity (Wildman–Crippen MR) is 143 cm³/mol. The molecule has 0 fully saturated rings. The smallest absolute Gasteiger partial charge is 0.326 e. The first kappa shape index (κ1) is 31.2. The average molecular weight is 546 g/mol. The molecule has 0 spiro atoms. The minimum absolute atomic E-state index is 0.0197. The van der Waals surface area contributed by atoms with Gasteiger partial charge in [-0.1, -0.05) is 26.0 Å². The number of carboxylic acid groups (broad SMARTS) is 1. The summed E-state index contributed by atoms with van der Waals surface area (Å²) in [5, 5.41) is 26.8. The minimum atomic E-state index is -1.19. The van der Waals surface area contributed by atoms with Gasteiger partial charge in [0.1, 0.15) is 23.9 Å². The first-order valence-corrected chi connectivity index (χ1v) is 12.9. The maximum Gasteiger partial charge on any atom is 0.326 e. The Morgan fingerprint density at radius 3 is 2.18 bits per heavy atom. The van der Waals surface area contributed by atoms with Crippen molar-refractivity contribution in [1.82, 2.24) is 25.9 Å². The number of nitrogens with zero attached hydrogens (tertiary/aromatic N) is 1. The van der Waals surface area contributed by atoms with E-state index >= 15 is 0 Å². The van der Waals surface area contributed by atoms with Crippen LogP contribution in [0.4, 0.5) is 0 Å². The molecule has 13 nitrogen and oxygen atoms in total. The summed E-state index contributed by atoms with van der Waals surface area (Å²) in [5.74, 6) is -3.32. The molecule has 0 bridgehead atoms. The fourth-order valence-electron chi connectivity index (χ4n) is 3.88. The van der Waals surface area contributed by atoms with Gasteiger partial charge in [0, 0.05) is 18.3 Å². The molecule has 39 heavy (non-hydrogen) atoms. The monoisotopic (exact) mass is 545 g/mol. The number of aromatic nitrogens is 2. The SMILES string of the molecule is CC(C)C(NC(=O)C(N)Cc1ccc(O)cc1)C(=O)NC(Cc1cnc[nH]1)C(=O)NC(CCCCN)C(=O)O. The number of carbonyl (C=O) groups is 4. The Kier molecular flexibility index (Phi) is 12.4. The van der Waals surface area contributed by atoms with Gasteiger partial charge in [-0.05, 0) is 55.8 Å². The normalized spacial score (nSPS) is 14.2. The molecule has 0 radical (unpaired) electrons. The Balaban J connectivity index is 2.12. The summed E-state index contributed by atoms with van der Waals surface area (Å²) in [6.07, 6.45) is 4.43. The van der Waals surface area contributed by atoms with Crippen molar-refractivity contribution in [2.24, 2.45) is 17.4 Å². The number of benzene rings is 1. The maximum absolute atomic E-state index is 13.3. The zero-order valence-corrected chi connectivity index (χ0v) is 22.2. The highest BCUT2D eigenvalue weighted by atomic mass is 16.4. The second kappa shape index (κ2) is 15.4. The van der Waals surface area contributed by atoms with E-state index in [1.54, 1.807) is 26.0 Å². The van der Waals surface area contributed by atoms with Crippen molar-refractivity contribution < 1.29 is 29.4 Å². The molecule has 214 valence electrons. The van der Waals surface area contributed by atoms with Crippen LogP contribution in [0.15, 0.2) is 36.8 Å². The number of hydrogen-bond donors (Lipinski definition) is 8. The molecule has 0 saturated heterocycles. The third kappa shape index (κ3) is 10.4. The lowest BCUT2D eigenvalue weighted by molar-refractivity contribution is -0.142. The molecule has 13 heteroatoms. The lowest BCUT2D eigenvalue weighted by Crippen LogP contribution is -2.59. The molecular formula is C26H39N7O6. The highest BCUT2D eigenvalue weighted by molar-refractivity contribution is 5.94. The number of nitrogens with two attached hydrogens (primary N) is 2. The van der Waals surface area contributed by atoms with Crippen molar-refractivity contribution in [3.05, 3.63) is 48.0 Å². The molecule has 4 unspecified atom stereocenters. The summed E-state index contributed by atoms with van der Waals surface area (Å²) >= 11 is 0. The van der Waals surface area contributed by atoms with Crippen molar-refractivity contribution in [1.29, 1.82) is 0 Å². The van der Waals surface area contributed by atoms with Crippen LogP contribution < -0.4 is 27.4 Å². The van der Waals surface area contributed by atoms with Crippen molar-refractivity contribution in [2.75, 3.05) is 6.54 Å². The fourth-order valence-corrected chi connectivity index (χ4v) is 3.88. The highest BCUT2D eigenvalue weighted by Gasteiger charge is 2.32. The Morgan fingerprint density at radius 2 is 1.62 bits per heavy atom. The summed E-state index contributed by atoms with van der Waals surface area (Å²) in [6.45, 7) is 3.87. The predicted octanol–water partition coefficient (Wildman–Crippen LogP) is -0.448. The lowest BCUT2D eigenvalue weighted by Gasteiger charge is -2.27. The van der Waals surface area contributed by atoms with Crippen molar-refractivity contribution in [3.63, 3.8) is 0 Å². The van der Waals surface area contributed by atoms with Gasteiger partial charge in [-0.15, -0.1) is 0 Å². The Hall–Kier alpha value is -3.97. The largest absolute Gasteiger partial charge is 0.508 e. The van der Waals surface area contributed by atoms with Crippen molar-refractivity contribution >= 4 is 23.7 Å². The van der Waals surface area contributed by atoms with Crippen LogP contribution in [0, 0.1) is 5.92 Å². The standard InChI is InChI=1S/C26H39N7O6/c1-15(2)22(33-23(35)19(28)11-16-6-8-18(34)9-7-16)25(37)32-21(12-17-13-29-14-30-17)24(36)31-20(26(38)39)5-3-4-10-27/h6-9,13-15,19-22,34H,3-5,10-12,27-28H2,1-2H3,(H,29,30)(H,31,36)(H,32,37)(H,33,35)(H,38,39). The number of hydrogen-bond acceptors (Lipinski definition) is 8. The van der Waals surface area contributed by atoms with Crippen LogP contribution in [0.1, 0.15) is 44.4 Å². The summed E-state index contributed by atoms with van der Waals surface area (Å²) in [7, 11) is 0. The minimum Gasteiger partial charge on any atom is -0.508 e. The zero-order chi connectivity index (χ0) is 28.9. The van der Waals surface area contributed by atoms with Crippen LogP contribution in [-0.4, -0.2) is 74.6 Å². The second-order valence-electron chi connectivity index (χ2n) is 9.73. The number of unbranched alkanes of at least 4 members (excludes halogenated alkanes) is 1. The van der Waals surface area contributed by atoms with E-state index in [-0.39, 0.29) is 30.9 Å². The number of aliphatic carboxylic acids is 1. The third-order valence-corrected chi connectivity index (χ3v) is 6.15. The summed E-state index contributed by atoms with van der Waals surface area (Å²) in [6, 6.07) is 2.01. The molecule has 10 N–H and O–H groups in total. The van der Waals surface area contributed by atoms with Crippen LogP contribution in [0.3, 0.4) is 0 Å². The topological polar surface area (TPSA) is 226 Å². The van der Waals surface area contributed by atoms with E-state index in [2.05, 4.69) is 25.9 Å². The van der Waals surface area contributed by atoms with E-state index in [0.717, 1.165) is 5.56 Å². The van der Waals surface area contributed by atoms with Gasteiger partial charge in [0.25, 0.3) is 0 Å². The number of amides is 3. The van der Waals surface area contributed by atoms with Gasteiger partial charge in [0.2, 0.25) is 17.7 Å². The van der Waals surface area contributed by atoms with E-state index in [4.69, 9.17) is 11.5 Å². The molecule has 2 aromatic rings. The number of nitrogens with one attached hydrogen (secondary N) is 4. The molecule has 2 rings (SSSR count). The third-order valence-electron chi connectivity index (χ3n) is 6.15. The number of H-pyrrole nitrogens is 1. The number of carboxylic acids is 1. The molecule has 0 aliphatic heterocycles. The number of phenols is 1. The summed E-state index contributed by atoms with van der Waals surface area (Å²) < 4.78 is 0. The first-order chi connectivity index (χ1) is 18.5. The second-order valence-corrected chi connectivity index (χ2v) is 9.73. The molecule has 3 amide bonds. The Labute approximate surface area is 227 Å². The molecule has 0 aliphatic rings. The van der Waals surface area contributed by atoms with Gasteiger partial charge < -0.3 is 42.6 Å². The van der Waals surface area contributed by atoms with E-state index in [1.165, 1.54) is 24.7 Å². The number of rotatable bonds is 16. The average Bonchev–Trinajstić information content (AvgIpc) is 3.40. The molecule has 1 aromatic heterocycles. The van der Waals surface area contributed by atoms with Crippen LogP contribution in [-0.2, 0) is 32.0 Å². The molecule has 4 atom stereocenters. The van der Waals surface area contributed by atoms with E-state index in [1.807, 2.05) is 0 Å². The maximum atomic E-state index is 13.3. The molecular weight excluding hydrogens is 506 g/mol. The summed E-state index contributed by atoms with van der Waals surface area (Å²) in [4.78, 5) is 57.7. The van der Waals surface area contributed by atoms with Crippen molar-refractivity contribution in [3.8, 4) is 5.75 Å². The quantitative estimate of drug-likeness (QED) is 0.128. The fraction of sp³-hybridized carbons (Fsp3) is 0.500. The number of phenolic OH excluding ortho intramolecular Hbond substituents is 1. The van der Waals surface area contributed by atoms with Gasteiger partial charge >= 0.3 is 5.97 Å². The van der Waals surface area contributed by atoms with Gasteiger partial charge in [0.05, 0.1) is 12.4 Å². The zero-order valence-electron chi connectivity index (χ0n) is 22.2. The number of imidazole rings is 1. The Morgan fingerprint density at radius 1 is 0.949 bits per heavy atom. The van der Waals surface area contributed by atoms with E-state index in [9.17, 15) is 29.4 Å². The van der Waals surface area contributed by atoms with Gasteiger partial charge in [-0.25, -0.2) is 9.78 Å². The lowest BCUT2D eigenvalue weighted by atomic mass is 10.00. The highest BCUT2D eigenvalue weighted by Crippen LogP contribution is 2.12. The van der Waals surface area contributed by atoms with Gasteiger partial charge in [-0.3, -0.25) is 14.4 Å². The number of aromatic amines is 1. The van der Waals surface area contributed by atoms with Gasteiger partial charge in [-0.2, -0.15) is 0 Å². The van der Waals surface area contributed by atoms with E-state index < -0.39 is 47.9 Å². The molecule has 0 aliphatic carbocycles. The number of carbonyl (C=O) groups excluding carboxylic acids is 3. The van der Waals surface area contributed by atoms with Crippen LogP contribution >= 0.6 is 0 Å². The molecule has 0 saturated carbocycles. The van der Waals surface area contributed by atoms with Crippen LogP contribution in [0.2, 0.25) is 0 Å². The number of aromatic hydroxyl groups is 1. The van der Waals surface area contributed by atoms with Gasteiger partial charge in [0.15, 0.2) is 0 Å². The van der Waals surface area contributed by atoms with Crippen LogP contribution in [0.25, 0.3) is 0 Å². The van der Waals surface area contributed by atoms with E-state index in [0.29, 0.717) is 25.1 Å². The van der Waals surface area contributed by atoms with Crippen molar-refractivity contribution in [2.45, 2.75) is 70.1 Å². The molecule has 1 heterocycles. The summed E-state index contributed by atoms with van der Waals surface area (Å²) in [5.41, 5.74) is 12.8. The molecule has 1 aromatic carbocycles.